The van der Waals surface area contributed by atoms with Crippen molar-refractivity contribution < 1.29 is 14.4 Å². The average molecular weight is 423 g/mol. The molecule has 160 valence electrons. The van der Waals surface area contributed by atoms with Crippen LogP contribution in [-0.4, -0.2) is 57.1 Å². The van der Waals surface area contributed by atoms with Gasteiger partial charge in [0.15, 0.2) is 17.3 Å². The predicted octanol–water partition coefficient (Wildman–Crippen LogP) is -0.0327. The highest BCUT2D eigenvalue weighted by atomic mass is 16.2. The van der Waals surface area contributed by atoms with Gasteiger partial charge in [0.05, 0.1) is 36.1 Å². The molecule has 2 aromatic heterocycles. The molecule has 0 aromatic carbocycles. The standard InChI is InChI=1S/C19H21N9O3/c1-11(4-5-29)28(22)15-8-24-16(17(21)30)18(26-15)25-13-2-3-14(23-7-13)19(31)27-9-12(6-20)10-27/h2-3,5,7-8,11-12H,4,9-10,22H2,1H3,(H2,21,30)(H,25,26). The zero-order chi connectivity index (χ0) is 22.5. The van der Waals surface area contributed by atoms with Crippen LogP contribution < -0.4 is 21.9 Å². The maximum absolute atomic E-state index is 12.3. The number of rotatable bonds is 8. The Bertz CT molecular complexity index is 1030. The maximum Gasteiger partial charge on any atom is 0.272 e. The normalized spacial score (nSPS) is 14.2. The minimum atomic E-state index is -0.796. The SMILES string of the molecule is CC(CC=O)N(N)c1cnc(C(N)=O)c(Nc2ccc(C(=O)N3CC(C#N)C3)nc2)n1. The van der Waals surface area contributed by atoms with Gasteiger partial charge in [0.1, 0.15) is 12.0 Å². The Balaban J connectivity index is 1.78. The van der Waals surface area contributed by atoms with Crippen molar-refractivity contribution in [2.24, 2.45) is 17.5 Å². The number of nitrogens with zero attached hydrogens (tertiary/aromatic N) is 6. The molecule has 0 bridgehead atoms. The van der Waals surface area contributed by atoms with E-state index in [0.29, 0.717) is 18.8 Å². The fourth-order valence-corrected chi connectivity index (χ4v) is 2.87. The molecule has 12 heteroatoms. The first-order chi connectivity index (χ1) is 14.8. The Morgan fingerprint density at radius 2 is 2.13 bits per heavy atom. The van der Waals surface area contributed by atoms with Gasteiger partial charge in [0.2, 0.25) is 0 Å². The monoisotopic (exact) mass is 423 g/mol. The molecule has 31 heavy (non-hydrogen) atoms. The van der Waals surface area contributed by atoms with Crippen molar-refractivity contribution in [1.29, 1.82) is 5.26 Å². The highest BCUT2D eigenvalue weighted by Gasteiger charge is 2.31. The first kappa shape index (κ1) is 21.6. The number of hydrogen-bond donors (Lipinski definition) is 3. The Labute approximate surface area is 177 Å². The van der Waals surface area contributed by atoms with Crippen molar-refractivity contribution in [2.75, 3.05) is 23.4 Å². The first-order valence-corrected chi connectivity index (χ1v) is 9.40. The molecule has 5 N–H and O–H groups in total. The lowest BCUT2D eigenvalue weighted by Gasteiger charge is -2.34. The molecular formula is C19H21N9O3. The zero-order valence-electron chi connectivity index (χ0n) is 16.7. The number of hydrazine groups is 1. The number of aldehydes is 1. The molecule has 3 heterocycles. The van der Waals surface area contributed by atoms with Crippen LogP contribution in [0.4, 0.5) is 17.3 Å². The Kier molecular flexibility index (Phi) is 6.37. The quantitative estimate of drug-likeness (QED) is 0.296. The molecule has 3 rings (SSSR count). The summed E-state index contributed by atoms with van der Waals surface area (Å²) in [5.41, 5.74) is 5.94. The summed E-state index contributed by atoms with van der Waals surface area (Å²) in [5, 5.41) is 13.0. The van der Waals surface area contributed by atoms with Crippen molar-refractivity contribution in [2.45, 2.75) is 19.4 Å². The lowest BCUT2D eigenvalue weighted by Crippen LogP contribution is -2.49. The maximum atomic E-state index is 12.3. The molecule has 0 spiro atoms. The number of likely N-dealkylation sites (tertiary alicyclic amines) is 1. The molecule has 1 saturated heterocycles. The van der Waals surface area contributed by atoms with Crippen LogP contribution in [0.25, 0.3) is 0 Å². The molecule has 0 saturated carbocycles. The van der Waals surface area contributed by atoms with Crippen LogP contribution in [0.3, 0.4) is 0 Å². The number of amides is 2. The largest absolute Gasteiger partial charge is 0.364 e. The summed E-state index contributed by atoms with van der Waals surface area (Å²) in [4.78, 5) is 48.8. The number of carbonyl (C=O) groups excluding carboxylic acids is 3. The summed E-state index contributed by atoms with van der Waals surface area (Å²) in [7, 11) is 0. The molecule has 0 radical (unpaired) electrons. The molecule has 1 atom stereocenters. The summed E-state index contributed by atoms with van der Waals surface area (Å²) < 4.78 is 0. The van der Waals surface area contributed by atoms with Crippen LogP contribution in [0, 0.1) is 17.2 Å². The summed E-state index contributed by atoms with van der Waals surface area (Å²) in [6.07, 6.45) is 3.62. The molecule has 1 aliphatic rings. The van der Waals surface area contributed by atoms with E-state index in [4.69, 9.17) is 16.8 Å². The van der Waals surface area contributed by atoms with Crippen molar-refractivity contribution >= 4 is 35.4 Å². The molecule has 1 aliphatic heterocycles. The first-order valence-electron chi connectivity index (χ1n) is 9.40. The molecule has 2 amide bonds. The van der Waals surface area contributed by atoms with Crippen LogP contribution >= 0.6 is 0 Å². The van der Waals surface area contributed by atoms with E-state index >= 15 is 0 Å². The number of anilines is 3. The molecule has 12 nitrogen and oxygen atoms in total. The fourth-order valence-electron chi connectivity index (χ4n) is 2.87. The fraction of sp³-hybridized carbons (Fsp3) is 0.316. The predicted molar refractivity (Wildman–Crippen MR) is 110 cm³/mol. The van der Waals surface area contributed by atoms with Crippen LogP contribution in [0.2, 0.25) is 0 Å². The van der Waals surface area contributed by atoms with Crippen molar-refractivity contribution in [3.8, 4) is 6.07 Å². The topological polar surface area (TPSA) is 184 Å². The summed E-state index contributed by atoms with van der Waals surface area (Å²) >= 11 is 0. The number of nitrogens with two attached hydrogens (primary N) is 2. The summed E-state index contributed by atoms with van der Waals surface area (Å²) in [5.74, 6) is 5.07. The molecule has 2 aromatic rings. The Hall–Kier alpha value is -4.11. The van der Waals surface area contributed by atoms with E-state index in [2.05, 4.69) is 26.3 Å². The third kappa shape index (κ3) is 4.73. The zero-order valence-corrected chi connectivity index (χ0v) is 16.7. The number of nitriles is 1. The van der Waals surface area contributed by atoms with Crippen LogP contribution in [0.1, 0.15) is 34.3 Å². The third-order valence-corrected chi connectivity index (χ3v) is 4.77. The van der Waals surface area contributed by atoms with Gasteiger partial charge in [-0.1, -0.05) is 0 Å². The average Bonchev–Trinajstić information content (AvgIpc) is 2.72. The van der Waals surface area contributed by atoms with Gasteiger partial charge in [-0.3, -0.25) is 14.6 Å². The van der Waals surface area contributed by atoms with Gasteiger partial charge in [-0.2, -0.15) is 5.26 Å². The van der Waals surface area contributed by atoms with Gasteiger partial charge in [0, 0.05) is 19.5 Å². The van der Waals surface area contributed by atoms with E-state index < -0.39 is 5.91 Å². The Morgan fingerprint density at radius 1 is 1.39 bits per heavy atom. The minimum absolute atomic E-state index is 0.0548. The van der Waals surface area contributed by atoms with Gasteiger partial charge >= 0.3 is 0 Å². The summed E-state index contributed by atoms with van der Waals surface area (Å²) in [6, 6.07) is 4.88. The van der Waals surface area contributed by atoms with Crippen molar-refractivity contribution in [3.63, 3.8) is 0 Å². The van der Waals surface area contributed by atoms with Crippen LogP contribution in [0.5, 0.6) is 0 Å². The van der Waals surface area contributed by atoms with E-state index in [1.807, 2.05) is 0 Å². The highest BCUT2D eigenvalue weighted by Crippen LogP contribution is 2.22. The van der Waals surface area contributed by atoms with Crippen LogP contribution in [-0.2, 0) is 4.79 Å². The van der Waals surface area contributed by atoms with Gasteiger partial charge < -0.3 is 20.7 Å². The van der Waals surface area contributed by atoms with Gasteiger partial charge in [-0.05, 0) is 19.1 Å². The highest BCUT2D eigenvalue weighted by molar-refractivity contribution is 5.96. The Morgan fingerprint density at radius 3 is 2.71 bits per heavy atom. The lowest BCUT2D eigenvalue weighted by atomic mass is 10.0. The number of aromatic nitrogens is 3. The smallest absolute Gasteiger partial charge is 0.272 e. The number of pyridine rings is 1. The second-order valence-corrected chi connectivity index (χ2v) is 7.04. The van der Waals surface area contributed by atoms with E-state index in [1.165, 1.54) is 23.5 Å². The third-order valence-electron chi connectivity index (χ3n) is 4.77. The number of nitrogens with one attached hydrogen (secondary N) is 1. The number of hydrogen-bond acceptors (Lipinski definition) is 10. The van der Waals surface area contributed by atoms with E-state index in [1.54, 1.807) is 17.9 Å². The van der Waals surface area contributed by atoms with E-state index in [0.717, 1.165) is 6.29 Å². The second kappa shape index (κ2) is 9.14. The van der Waals surface area contributed by atoms with Gasteiger partial charge in [-0.15, -0.1) is 0 Å². The number of carbonyl (C=O) groups is 3. The van der Waals surface area contributed by atoms with E-state index in [9.17, 15) is 14.4 Å². The summed E-state index contributed by atoms with van der Waals surface area (Å²) in [6.45, 7) is 2.51. The van der Waals surface area contributed by atoms with Crippen LogP contribution in [0.15, 0.2) is 24.5 Å². The second-order valence-electron chi connectivity index (χ2n) is 7.04. The van der Waals surface area contributed by atoms with E-state index in [-0.39, 0.29) is 47.3 Å². The van der Waals surface area contributed by atoms with Crippen molar-refractivity contribution in [3.05, 3.63) is 35.9 Å². The lowest BCUT2D eigenvalue weighted by molar-refractivity contribution is -0.108. The van der Waals surface area contributed by atoms with Gasteiger partial charge in [-0.25, -0.2) is 20.8 Å². The molecule has 1 fully saturated rings. The molecule has 1 unspecified atom stereocenters. The minimum Gasteiger partial charge on any atom is -0.364 e. The van der Waals surface area contributed by atoms with Crippen molar-refractivity contribution in [1.82, 2.24) is 19.9 Å². The van der Waals surface area contributed by atoms with Gasteiger partial charge in [0.25, 0.3) is 11.8 Å². The number of primary amides is 1. The molecule has 0 aliphatic carbocycles. The molecular weight excluding hydrogens is 402 g/mol.